The molecule has 0 spiro atoms. The number of hydrogen-bond donors (Lipinski definition) is 3. The van der Waals surface area contributed by atoms with Crippen LogP contribution >= 0.6 is 0 Å². The molecule has 2 rings (SSSR count). The molecular formula is C24H33NO5. The van der Waals surface area contributed by atoms with Crippen LogP contribution in [-0.2, 0) is 27.1 Å². The minimum atomic E-state index is -0.515. The van der Waals surface area contributed by atoms with E-state index in [1.165, 1.54) is 0 Å². The zero-order chi connectivity index (χ0) is 21.8. The number of aliphatic hydroxyl groups excluding tert-OH is 1. The zero-order valence-electron chi connectivity index (χ0n) is 17.8. The molecule has 0 bridgehead atoms. The van der Waals surface area contributed by atoms with E-state index >= 15 is 0 Å². The molecule has 0 saturated heterocycles. The molecule has 1 amide bonds. The highest BCUT2D eigenvalue weighted by atomic mass is 16.5. The standard InChI is InChI=1S/C24H33NO5/c1-18(26)15-30-19(2)16-29-17-22(14-21-8-11-23(27)12-9-21)25-24(28)13-10-20-6-4-3-5-7-20/h3-9,11-12,18-19,22,26-27H,10,13-17H2,1-2H3,(H,25,28)/t18-,19?,22+/m1/s1. The summed E-state index contributed by atoms with van der Waals surface area (Å²) in [6.07, 6.45) is 1.02. The minimum absolute atomic E-state index is 0.0235. The van der Waals surface area contributed by atoms with E-state index in [1.54, 1.807) is 19.1 Å². The molecule has 0 fully saturated rings. The summed E-state index contributed by atoms with van der Waals surface area (Å²) >= 11 is 0. The quantitative estimate of drug-likeness (QED) is 0.468. The lowest BCUT2D eigenvalue weighted by atomic mass is 10.1. The van der Waals surface area contributed by atoms with E-state index in [0.717, 1.165) is 11.1 Å². The van der Waals surface area contributed by atoms with Crippen LogP contribution < -0.4 is 5.32 Å². The summed E-state index contributed by atoms with van der Waals surface area (Å²) in [5.41, 5.74) is 2.13. The van der Waals surface area contributed by atoms with Crippen LogP contribution in [0.2, 0.25) is 0 Å². The molecule has 164 valence electrons. The van der Waals surface area contributed by atoms with Crippen molar-refractivity contribution in [1.29, 1.82) is 0 Å². The maximum atomic E-state index is 12.5. The van der Waals surface area contributed by atoms with Crippen molar-refractivity contribution >= 4 is 5.91 Å². The molecule has 6 nitrogen and oxygen atoms in total. The maximum Gasteiger partial charge on any atom is 0.220 e. The molecule has 3 N–H and O–H groups in total. The Kier molecular flexibility index (Phi) is 10.3. The molecule has 1 unspecified atom stereocenters. The summed E-state index contributed by atoms with van der Waals surface area (Å²) in [5.74, 6) is 0.187. The topological polar surface area (TPSA) is 88.0 Å². The molecule has 2 aromatic carbocycles. The zero-order valence-corrected chi connectivity index (χ0v) is 17.8. The number of ether oxygens (including phenoxy) is 2. The largest absolute Gasteiger partial charge is 0.508 e. The summed E-state index contributed by atoms with van der Waals surface area (Å²) in [6.45, 7) is 4.54. The number of aromatic hydroxyl groups is 1. The van der Waals surface area contributed by atoms with Gasteiger partial charge in [-0.15, -0.1) is 0 Å². The highest BCUT2D eigenvalue weighted by molar-refractivity contribution is 5.76. The summed E-state index contributed by atoms with van der Waals surface area (Å²) < 4.78 is 11.3. The van der Waals surface area contributed by atoms with Crippen molar-refractivity contribution in [3.8, 4) is 5.75 Å². The van der Waals surface area contributed by atoms with E-state index in [9.17, 15) is 15.0 Å². The van der Waals surface area contributed by atoms with Crippen LogP contribution in [-0.4, -0.2) is 54.2 Å². The van der Waals surface area contributed by atoms with Crippen LogP contribution in [0.25, 0.3) is 0 Å². The predicted molar refractivity (Wildman–Crippen MR) is 116 cm³/mol. The van der Waals surface area contributed by atoms with Crippen LogP contribution in [0, 0.1) is 0 Å². The number of carbonyl (C=O) groups excluding carboxylic acids is 1. The normalized spacial score (nSPS) is 14.1. The van der Waals surface area contributed by atoms with E-state index in [0.29, 0.717) is 32.5 Å². The number of aryl methyl sites for hydroxylation is 1. The number of benzene rings is 2. The van der Waals surface area contributed by atoms with Gasteiger partial charge in [0.05, 0.1) is 38.1 Å². The van der Waals surface area contributed by atoms with Gasteiger partial charge in [0, 0.05) is 6.42 Å². The first-order valence-electron chi connectivity index (χ1n) is 10.4. The molecule has 0 aliphatic heterocycles. The smallest absolute Gasteiger partial charge is 0.220 e. The van der Waals surface area contributed by atoms with Crippen molar-refractivity contribution in [3.63, 3.8) is 0 Å². The Labute approximate surface area is 178 Å². The van der Waals surface area contributed by atoms with Gasteiger partial charge in [-0.1, -0.05) is 42.5 Å². The lowest BCUT2D eigenvalue weighted by Crippen LogP contribution is -2.40. The number of phenolic OH excluding ortho intramolecular Hbond substituents is 1. The average Bonchev–Trinajstić information content (AvgIpc) is 2.73. The molecule has 0 heterocycles. The van der Waals surface area contributed by atoms with Crippen molar-refractivity contribution in [3.05, 3.63) is 65.7 Å². The fraction of sp³-hybridized carbons (Fsp3) is 0.458. The van der Waals surface area contributed by atoms with Gasteiger partial charge in [0.25, 0.3) is 0 Å². The fourth-order valence-corrected chi connectivity index (χ4v) is 3.00. The van der Waals surface area contributed by atoms with Gasteiger partial charge in [0.1, 0.15) is 5.75 Å². The van der Waals surface area contributed by atoms with E-state index in [1.807, 2.05) is 49.4 Å². The van der Waals surface area contributed by atoms with E-state index in [4.69, 9.17) is 9.47 Å². The molecular weight excluding hydrogens is 382 g/mol. The Balaban J connectivity index is 1.86. The summed E-state index contributed by atoms with van der Waals surface area (Å²) in [6, 6.07) is 16.7. The van der Waals surface area contributed by atoms with Gasteiger partial charge in [-0.05, 0) is 49.9 Å². The Morgan fingerprint density at radius 3 is 2.33 bits per heavy atom. The van der Waals surface area contributed by atoms with Crippen molar-refractivity contribution < 1.29 is 24.5 Å². The van der Waals surface area contributed by atoms with Crippen LogP contribution in [0.15, 0.2) is 54.6 Å². The van der Waals surface area contributed by atoms with E-state index in [2.05, 4.69) is 5.32 Å². The van der Waals surface area contributed by atoms with Crippen LogP contribution in [0.5, 0.6) is 5.75 Å². The minimum Gasteiger partial charge on any atom is -0.508 e. The van der Waals surface area contributed by atoms with Crippen molar-refractivity contribution in [2.24, 2.45) is 0 Å². The highest BCUT2D eigenvalue weighted by Gasteiger charge is 2.15. The molecule has 0 radical (unpaired) electrons. The molecule has 0 aliphatic carbocycles. The maximum absolute atomic E-state index is 12.5. The fourth-order valence-electron chi connectivity index (χ4n) is 3.00. The van der Waals surface area contributed by atoms with Gasteiger partial charge in [0.2, 0.25) is 5.91 Å². The van der Waals surface area contributed by atoms with Gasteiger partial charge in [-0.3, -0.25) is 4.79 Å². The van der Waals surface area contributed by atoms with Gasteiger partial charge >= 0.3 is 0 Å². The second-order valence-electron chi connectivity index (χ2n) is 7.65. The van der Waals surface area contributed by atoms with Gasteiger partial charge in [0.15, 0.2) is 0 Å². The van der Waals surface area contributed by atoms with Crippen molar-refractivity contribution in [2.75, 3.05) is 19.8 Å². The summed E-state index contributed by atoms with van der Waals surface area (Å²) in [7, 11) is 0. The Morgan fingerprint density at radius 2 is 1.67 bits per heavy atom. The second kappa shape index (κ2) is 13.0. The van der Waals surface area contributed by atoms with Crippen LogP contribution in [0.3, 0.4) is 0 Å². The number of phenols is 1. The van der Waals surface area contributed by atoms with Crippen molar-refractivity contribution in [2.45, 2.75) is 51.4 Å². The number of hydrogen-bond acceptors (Lipinski definition) is 5. The first-order valence-corrected chi connectivity index (χ1v) is 10.4. The predicted octanol–water partition coefficient (Wildman–Crippen LogP) is 2.85. The van der Waals surface area contributed by atoms with Gasteiger partial charge < -0.3 is 25.0 Å². The number of carbonyl (C=O) groups is 1. The summed E-state index contributed by atoms with van der Waals surface area (Å²) in [5, 5.41) is 21.8. The number of aliphatic hydroxyl groups is 1. The number of rotatable bonds is 13. The van der Waals surface area contributed by atoms with Gasteiger partial charge in [-0.2, -0.15) is 0 Å². The molecule has 0 saturated carbocycles. The molecule has 0 aliphatic rings. The average molecular weight is 416 g/mol. The molecule has 30 heavy (non-hydrogen) atoms. The molecule has 2 aromatic rings. The SMILES string of the molecule is CC(COC[C@H](Cc1ccc(O)cc1)NC(=O)CCc1ccccc1)OC[C@@H](C)O. The lowest BCUT2D eigenvalue weighted by molar-refractivity contribution is -0.122. The number of nitrogens with one attached hydrogen (secondary N) is 1. The summed E-state index contributed by atoms with van der Waals surface area (Å²) in [4.78, 5) is 12.5. The monoisotopic (exact) mass is 415 g/mol. The highest BCUT2D eigenvalue weighted by Crippen LogP contribution is 2.12. The third kappa shape index (κ3) is 9.87. The first-order chi connectivity index (χ1) is 14.4. The second-order valence-corrected chi connectivity index (χ2v) is 7.65. The molecule has 0 aromatic heterocycles. The third-order valence-corrected chi connectivity index (χ3v) is 4.56. The van der Waals surface area contributed by atoms with Crippen LogP contribution in [0.1, 0.15) is 31.4 Å². The Morgan fingerprint density at radius 1 is 0.967 bits per heavy atom. The van der Waals surface area contributed by atoms with E-state index < -0.39 is 6.10 Å². The van der Waals surface area contributed by atoms with Crippen molar-refractivity contribution in [1.82, 2.24) is 5.32 Å². The molecule has 3 atom stereocenters. The Bertz CT molecular complexity index is 733. The van der Waals surface area contributed by atoms with E-state index in [-0.39, 0.29) is 30.4 Å². The van der Waals surface area contributed by atoms with Gasteiger partial charge in [-0.25, -0.2) is 0 Å². The first kappa shape index (κ1) is 23.9. The molecule has 6 heteroatoms. The number of amides is 1. The third-order valence-electron chi connectivity index (χ3n) is 4.56. The Hall–Kier alpha value is -2.41. The van der Waals surface area contributed by atoms with Crippen LogP contribution in [0.4, 0.5) is 0 Å². The lowest BCUT2D eigenvalue weighted by Gasteiger charge is -2.21.